The average molecular weight is 411 g/mol. The zero-order valence-electron chi connectivity index (χ0n) is 16.3. The van der Waals surface area contributed by atoms with Crippen molar-refractivity contribution in [3.05, 3.63) is 58.8 Å². The van der Waals surface area contributed by atoms with E-state index in [0.717, 1.165) is 36.5 Å². The molecular formula is C22H23FN4OS. The number of halogens is 1. The van der Waals surface area contributed by atoms with Crippen LogP contribution in [0.1, 0.15) is 37.9 Å². The van der Waals surface area contributed by atoms with E-state index in [4.69, 9.17) is 9.97 Å². The number of likely N-dealkylation sites (tertiary alicyclic amines) is 1. The van der Waals surface area contributed by atoms with E-state index in [2.05, 4.69) is 5.32 Å². The second-order valence-electron chi connectivity index (χ2n) is 7.18. The number of anilines is 2. The number of piperidine rings is 1. The fourth-order valence-electron chi connectivity index (χ4n) is 3.62. The molecule has 0 radical (unpaired) electrons. The van der Waals surface area contributed by atoms with Gasteiger partial charge in [-0.05, 0) is 42.5 Å². The second-order valence-corrected chi connectivity index (χ2v) is 7.96. The highest BCUT2D eigenvalue weighted by Gasteiger charge is 2.26. The highest BCUT2D eigenvalue weighted by molar-refractivity contribution is 7.08. The molecule has 4 rings (SSSR count). The molecule has 0 bridgehead atoms. The summed E-state index contributed by atoms with van der Waals surface area (Å²) in [4.78, 5) is 23.6. The molecule has 5 nitrogen and oxygen atoms in total. The summed E-state index contributed by atoms with van der Waals surface area (Å²) >= 11 is 1.61. The van der Waals surface area contributed by atoms with Gasteiger partial charge in [0.2, 0.25) is 5.91 Å². The third-order valence-electron chi connectivity index (χ3n) is 5.10. The van der Waals surface area contributed by atoms with Gasteiger partial charge in [-0.1, -0.05) is 13.0 Å². The van der Waals surface area contributed by atoms with Crippen molar-refractivity contribution < 1.29 is 9.18 Å². The first kappa shape index (κ1) is 19.5. The molecule has 1 aliphatic rings. The van der Waals surface area contributed by atoms with Gasteiger partial charge < -0.3 is 10.2 Å². The number of carbonyl (C=O) groups is 1. The number of rotatable bonds is 5. The summed E-state index contributed by atoms with van der Waals surface area (Å²) in [5.74, 6) is 1.30. The Morgan fingerprint density at radius 1 is 1.31 bits per heavy atom. The van der Waals surface area contributed by atoms with E-state index < -0.39 is 0 Å². The van der Waals surface area contributed by atoms with E-state index in [0.29, 0.717) is 24.5 Å². The number of carbonyl (C=O) groups excluding carboxylic acids is 1. The lowest BCUT2D eigenvalue weighted by Gasteiger charge is -2.32. The molecule has 7 heteroatoms. The van der Waals surface area contributed by atoms with E-state index in [1.165, 1.54) is 12.1 Å². The molecule has 1 fully saturated rings. The van der Waals surface area contributed by atoms with Crippen molar-refractivity contribution in [1.29, 1.82) is 0 Å². The smallest absolute Gasteiger partial charge is 0.222 e. The Morgan fingerprint density at radius 2 is 2.21 bits per heavy atom. The molecule has 1 unspecified atom stereocenters. The van der Waals surface area contributed by atoms with Gasteiger partial charge in [-0.2, -0.15) is 11.3 Å². The number of nitrogens with zero attached hydrogens (tertiary/aromatic N) is 3. The van der Waals surface area contributed by atoms with Crippen molar-refractivity contribution in [3.8, 4) is 11.3 Å². The maximum Gasteiger partial charge on any atom is 0.222 e. The Hall–Kier alpha value is -2.80. The molecule has 3 aromatic rings. The Bertz CT molecular complexity index is 992. The molecule has 1 N–H and O–H groups in total. The summed E-state index contributed by atoms with van der Waals surface area (Å²) in [6, 6.07) is 10.2. The molecule has 2 aromatic heterocycles. The molecule has 150 valence electrons. The minimum atomic E-state index is -0.302. The van der Waals surface area contributed by atoms with Gasteiger partial charge in [-0.3, -0.25) is 4.79 Å². The van der Waals surface area contributed by atoms with Crippen molar-refractivity contribution in [2.45, 2.75) is 32.1 Å². The zero-order valence-corrected chi connectivity index (χ0v) is 17.1. The van der Waals surface area contributed by atoms with Gasteiger partial charge in [0.25, 0.3) is 0 Å². The highest BCUT2D eigenvalue weighted by atomic mass is 32.1. The van der Waals surface area contributed by atoms with Crippen LogP contribution in [0.3, 0.4) is 0 Å². The predicted octanol–water partition coefficient (Wildman–Crippen LogP) is 5.20. The molecule has 3 heterocycles. The van der Waals surface area contributed by atoms with E-state index in [9.17, 15) is 9.18 Å². The maximum absolute atomic E-state index is 13.6. The predicted molar refractivity (Wildman–Crippen MR) is 114 cm³/mol. The van der Waals surface area contributed by atoms with Gasteiger partial charge in [-0.15, -0.1) is 0 Å². The molecule has 0 aliphatic carbocycles. The average Bonchev–Trinajstić information content (AvgIpc) is 3.28. The third kappa shape index (κ3) is 4.62. The Morgan fingerprint density at radius 3 is 2.97 bits per heavy atom. The summed E-state index contributed by atoms with van der Waals surface area (Å²) in [6.45, 7) is 3.32. The summed E-state index contributed by atoms with van der Waals surface area (Å²) < 4.78 is 13.6. The van der Waals surface area contributed by atoms with E-state index in [1.54, 1.807) is 23.5 Å². The first-order valence-electron chi connectivity index (χ1n) is 9.84. The largest absolute Gasteiger partial charge is 0.342 e. The number of thiophene rings is 1. The van der Waals surface area contributed by atoms with Crippen LogP contribution in [0.2, 0.25) is 0 Å². The number of aromatic nitrogens is 2. The van der Waals surface area contributed by atoms with Crippen molar-refractivity contribution in [1.82, 2.24) is 14.9 Å². The zero-order chi connectivity index (χ0) is 20.2. The van der Waals surface area contributed by atoms with E-state index in [1.807, 2.05) is 34.7 Å². The lowest BCUT2D eigenvalue weighted by molar-refractivity contribution is -0.132. The molecule has 0 spiro atoms. The fraction of sp³-hybridized carbons (Fsp3) is 0.318. The standard InChI is InChI=1S/C22H23FN4OS/c1-2-21(28)27-9-4-5-15(13-27)22-25-19(16-8-10-29-14-16)12-20(26-22)24-18-7-3-6-17(23)11-18/h3,6-8,10-12,14-15H,2,4-5,9,13H2,1H3,(H,24,25,26). The van der Waals surface area contributed by atoms with Gasteiger partial charge >= 0.3 is 0 Å². The molecule has 1 saturated heterocycles. The minimum Gasteiger partial charge on any atom is -0.342 e. The normalized spacial score (nSPS) is 16.6. The number of hydrogen-bond donors (Lipinski definition) is 1. The first-order valence-corrected chi connectivity index (χ1v) is 10.8. The van der Waals surface area contributed by atoms with Crippen LogP contribution in [-0.2, 0) is 4.79 Å². The summed E-state index contributed by atoms with van der Waals surface area (Å²) in [5.41, 5.74) is 2.49. The van der Waals surface area contributed by atoms with Crippen LogP contribution in [0, 0.1) is 5.82 Å². The van der Waals surface area contributed by atoms with E-state index >= 15 is 0 Å². The molecule has 1 aliphatic heterocycles. The van der Waals surface area contributed by atoms with Crippen molar-refractivity contribution >= 4 is 28.7 Å². The van der Waals surface area contributed by atoms with Crippen LogP contribution < -0.4 is 5.32 Å². The van der Waals surface area contributed by atoms with Gasteiger partial charge in [0.15, 0.2) is 0 Å². The Labute approximate surface area is 173 Å². The Balaban J connectivity index is 1.67. The summed E-state index contributed by atoms with van der Waals surface area (Å²) in [6.07, 6.45) is 2.39. The van der Waals surface area contributed by atoms with Gasteiger partial charge in [0, 0.05) is 48.1 Å². The molecule has 1 atom stereocenters. The van der Waals surface area contributed by atoms with Crippen LogP contribution in [0.25, 0.3) is 11.3 Å². The van der Waals surface area contributed by atoms with Crippen molar-refractivity contribution in [3.63, 3.8) is 0 Å². The summed E-state index contributed by atoms with van der Waals surface area (Å²) in [5, 5.41) is 7.26. The first-order chi connectivity index (χ1) is 14.1. The van der Waals surface area contributed by atoms with E-state index in [-0.39, 0.29) is 17.6 Å². The summed E-state index contributed by atoms with van der Waals surface area (Å²) in [7, 11) is 0. The van der Waals surface area contributed by atoms with Crippen molar-refractivity contribution in [2.24, 2.45) is 0 Å². The van der Waals surface area contributed by atoms with Crippen LogP contribution in [0.15, 0.2) is 47.2 Å². The Kier molecular flexibility index (Phi) is 5.85. The van der Waals surface area contributed by atoms with Crippen molar-refractivity contribution in [2.75, 3.05) is 18.4 Å². The number of benzene rings is 1. The molecule has 0 saturated carbocycles. The maximum atomic E-state index is 13.6. The fourth-order valence-corrected chi connectivity index (χ4v) is 4.27. The SMILES string of the molecule is CCC(=O)N1CCCC(c2nc(Nc3cccc(F)c3)cc(-c3ccsc3)n2)C1. The quantitative estimate of drug-likeness (QED) is 0.628. The second kappa shape index (κ2) is 8.69. The molecular weight excluding hydrogens is 387 g/mol. The van der Waals surface area contributed by atoms with Crippen LogP contribution >= 0.6 is 11.3 Å². The minimum absolute atomic E-state index is 0.0888. The van der Waals surface area contributed by atoms with Crippen LogP contribution in [0.4, 0.5) is 15.9 Å². The van der Waals surface area contributed by atoms with Gasteiger partial charge in [0.05, 0.1) is 5.69 Å². The molecule has 29 heavy (non-hydrogen) atoms. The van der Waals surface area contributed by atoms with Gasteiger partial charge in [0.1, 0.15) is 17.5 Å². The monoisotopic (exact) mass is 410 g/mol. The molecule has 1 aromatic carbocycles. The number of nitrogens with one attached hydrogen (secondary N) is 1. The lowest BCUT2D eigenvalue weighted by atomic mass is 9.96. The van der Waals surface area contributed by atoms with Gasteiger partial charge in [-0.25, -0.2) is 14.4 Å². The number of hydrogen-bond acceptors (Lipinski definition) is 5. The third-order valence-corrected chi connectivity index (χ3v) is 5.78. The highest BCUT2D eigenvalue weighted by Crippen LogP contribution is 2.30. The lowest BCUT2D eigenvalue weighted by Crippen LogP contribution is -2.39. The van der Waals surface area contributed by atoms with Crippen LogP contribution in [0.5, 0.6) is 0 Å². The van der Waals surface area contributed by atoms with Crippen LogP contribution in [-0.4, -0.2) is 33.9 Å². The number of amides is 1. The molecule has 1 amide bonds. The topological polar surface area (TPSA) is 58.1 Å².